The fourth-order valence-corrected chi connectivity index (χ4v) is 3.65. The summed E-state index contributed by atoms with van der Waals surface area (Å²) in [7, 11) is 0. The number of benzene rings is 2. The van der Waals surface area contributed by atoms with Gasteiger partial charge in [-0.05, 0) is 54.7 Å². The Labute approximate surface area is 189 Å². The van der Waals surface area contributed by atoms with Crippen molar-refractivity contribution >= 4 is 17.7 Å². The van der Waals surface area contributed by atoms with Crippen LogP contribution in [-0.2, 0) is 11.2 Å². The van der Waals surface area contributed by atoms with E-state index in [9.17, 15) is 13.6 Å². The predicted octanol–water partition coefficient (Wildman–Crippen LogP) is 5.51. The Bertz CT molecular complexity index is 1010. The number of carbonyl (C=O) groups excluding carboxylic acids is 1. The molecular formula is C23H25F2N3O3S. The van der Waals surface area contributed by atoms with E-state index in [1.54, 1.807) is 12.1 Å². The van der Waals surface area contributed by atoms with Gasteiger partial charge in [0.25, 0.3) is 5.22 Å². The molecule has 1 atom stereocenters. The first-order chi connectivity index (χ1) is 15.3. The highest BCUT2D eigenvalue weighted by Gasteiger charge is 2.14. The molecule has 1 unspecified atom stereocenters. The van der Waals surface area contributed by atoms with Gasteiger partial charge in [0.2, 0.25) is 11.8 Å². The Hall–Kier alpha value is -2.94. The van der Waals surface area contributed by atoms with E-state index in [0.29, 0.717) is 11.5 Å². The summed E-state index contributed by atoms with van der Waals surface area (Å²) in [5.74, 6) is 0.837. The molecule has 0 saturated heterocycles. The van der Waals surface area contributed by atoms with Crippen molar-refractivity contribution < 1.29 is 22.7 Å². The monoisotopic (exact) mass is 461 g/mol. The van der Waals surface area contributed by atoms with Crippen LogP contribution in [0.25, 0.3) is 11.5 Å². The maximum absolute atomic E-state index is 12.3. The fourth-order valence-electron chi connectivity index (χ4n) is 3.07. The maximum atomic E-state index is 12.3. The van der Waals surface area contributed by atoms with Crippen LogP contribution in [0.5, 0.6) is 5.75 Å². The van der Waals surface area contributed by atoms with Crippen molar-refractivity contribution in [1.82, 2.24) is 15.5 Å². The molecule has 0 bridgehead atoms. The number of aromatic nitrogens is 2. The minimum atomic E-state index is -2.88. The summed E-state index contributed by atoms with van der Waals surface area (Å²) in [6.07, 6.45) is 1.03. The number of nitrogens with one attached hydrogen (secondary N) is 1. The van der Waals surface area contributed by atoms with Crippen molar-refractivity contribution in [2.75, 3.05) is 5.75 Å². The zero-order chi connectivity index (χ0) is 23.1. The molecule has 0 spiro atoms. The van der Waals surface area contributed by atoms with Crippen LogP contribution in [0.3, 0.4) is 0 Å². The van der Waals surface area contributed by atoms with Crippen LogP contribution in [0.1, 0.15) is 37.9 Å². The predicted molar refractivity (Wildman–Crippen MR) is 119 cm³/mol. The van der Waals surface area contributed by atoms with E-state index >= 15 is 0 Å². The minimum Gasteiger partial charge on any atom is -0.435 e. The van der Waals surface area contributed by atoms with Gasteiger partial charge in [0.15, 0.2) is 0 Å². The second-order valence-electron chi connectivity index (χ2n) is 7.69. The molecular weight excluding hydrogens is 436 g/mol. The van der Waals surface area contributed by atoms with E-state index in [0.717, 1.165) is 23.7 Å². The number of hydrogen-bond acceptors (Lipinski definition) is 6. The van der Waals surface area contributed by atoms with Crippen molar-refractivity contribution in [3.05, 3.63) is 59.7 Å². The fraction of sp³-hybridized carbons (Fsp3) is 0.348. The molecule has 6 nitrogen and oxygen atoms in total. The van der Waals surface area contributed by atoms with Crippen molar-refractivity contribution in [3.8, 4) is 17.2 Å². The van der Waals surface area contributed by atoms with E-state index in [1.807, 2.05) is 19.1 Å². The van der Waals surface area contributed by atoms with Gasteiger partial charge >= 0.3 is 6.61 Å². The zero-order valence-corrected chi connectivity index (χ0v) is 18.9. The molecule has 1 amide bonds. The molecule has 0 aliphatic heterocycles. The van der Waals surface area contributed by atoms with Gasteiger partial charge in [-0.15, -0.1) is 10.2 Å². The number of hydrogen-bond donors (Lipinski definition) is 1. The van der Waals surface area contributed by atoms with Crippen LogP contribution in [0, 0.1) is 5.92 Å². The molecule has 0 radical (unpaired) electrons. The molecule has 0 aliphatic carbocycles. The molecule has 0 fully saturated rings. The van der Waals surface area contributed by atoms with E-state index in [1.165, 1.54) is 17.7 Å². The van der Waals surface area contributed by atoms with Crippen LogP contribution < -0.4 is 10.1 Å². The molecule has 9 heteroatoms. The molecule has 3 aromatic rings. The van der Waals surface area contributed by atoms with Crippen molar-refractivity contribution in [3.63, 3.8) is 0 Å². The third-order valence-corrected chi connectivity index (χ3v) is 5.38. The van der Waals surface area contributed by atoms with Crippen molar-refractivity contribution in [2.45, 2.75) is 45.1 Å². The lowest BCUT2D eigenvalue weighted by Crippen LogP contribution is -2.28. The summed E-state index contributed by atoms with van der Waals surface area (Å²) in [4.78, 5) is 12.3. The van der Waals surface area contributed by atoms with Gasteiger partial charge in [-0.2, -0.15) is 8.78 Å². The number of halogens is 2. The Balaban J connectivity index is 1.49. The Morgan fingerprint density at radius 2 is 1.75 bits per heavy atom. The van der Waals surface area contributed by atoms with Gasteiger partial charge in [0, 0.05) is 5.56 Å². The van der Waals surface area contributed by atoms with Gasteiger partial charge in [0.1, 0.15) is 5.75 Å². The quantitative estimate of drug-likeness (QED) is 0.402. The average Bonchev–Trinajstić information content (AvgIpc) is 3.21. The molecule has 1 heterocycles. The number of thioether (sulfide) groups is 1. The summed E-state index contributed by atoms with van der Waals surface area (Å²) < 4.78 is 34.3. The second-order valence-corrected chi connectivity index (χ2v) is 8.62. The average molecular weight is 462 g/mol. The van der Waals surface area contributed by atoms with Gasteiger partial charge in [-0.25, -0.2) is 0 Å². The first-order valence-corrected chi connectivity index (χ1v) is 11.2. The lowest BCUT2D eigenvalue weighted by Gasteiger charge is -2.15. The van der Waals surface area contributed by atoms with Gasteiger partial charge < -0.3 is 14.5 Å². The number of amides is 1. The molecule has 1 aromatic heterocycles. The molecule has 0 aliphatic rings. The summed E-state index contributed by atoms with van der Waals surface area (Å²) in [5.41, 5.74) is 2.88. The van der Waals surface area contributed by atoms with Crippen LogP contribution >= 0.6 is 11.8 Å². The molecule has 2 aromatic carbocycles. The van der Waals surface area contributed by atoms with Crippen molar-refractivity contribution in [2.24, 2.45) is 5.92 Å². The van der Waals surface area contributed by atoms with Gasteiger partial charge in [-0.1, -0.05) is 49.9 Å². The van der Waals surface area contributed by atoms with Crippen LogP contribution in [0.4, 0.5) is 8.78 Å². The first kappa shape index (κ1) is 23.7. The van der Waals surface area contributed by atoms with Gasteiger partial charge in [0.05, 0.1) is 11.8 Å². The Morgan fingerprint density at radius 3 is 2.38 bits per heavy atom. The number of ether oxygens (including phenoxy) is 1. The van der Waals surface area contributed by atoms with E-state index in [-0.39, 0.29) is 34.6 Å². The largest absolute Gasteiger partial charge is 0.435 e. The normalized spacial score (nSPS) is 12.2. The highest BCUT2D eigenvalue weighted by atomic mass is 32.2. The number of carbonyl (C=O) groups is 1. The molecule has 3 rings (SSSR count). The lowest BCUT2D eigenvalue weighted by molar-refractivity contribution is -0.119. The van der Waals surface area contributed by atoms with Crippen LogP contribution in [-0.4, -0.2) is 28.5 Å². The molecule has 1 N–H and O–H groups in total. The number of alkyl halides is 2. The third-order valence-electron chi connectivity index (χ3n) is 4.56. The maximum Gasteiger partial charge on any atom is 0.387 e. The Kier molecular flexibility index (Phi) is 8.21. The number of rotatable bonds is 10. The minimum absolute atomic E-state index is 0.0400. The lowest BCUT2D eigenvalue weighted by atomic mass is 10.00. The standard InChI is InChI=1S/C23H25F2N3O3S/c1-14(2)12-16-4-6-17(7-5-16)15(3)26-20(29)13-32-23-28-27-21(31-23)18-8-10-19(11-9-18)30-22(24)25/h4-11,14-15,22H,12-13H2,1-3H3,(H,26,29). The molecule has 0 saturated carbocycles. The van der Waals surface area contributed by atoms with Crippen LogP contribution in [0.15, 0.2) is 58.2 Å². The second kappa shape index (κ2) is 11.1. The summed E-state index contributed by atoms with van der Waals surface area (Å²) >= 11 is 1.13. The van der Waals surface area contributed by atoms with Crippen molar-refractivity contribution in [1.29, 1.82) is 0 Å². The Morgan fingerprint density at radius 1 is 1.06 bits per heavy atom. The number of nitrogens with zero attached hydrogens (tertiary/aromatic N) is 2. The SMILES string of the molecule is CC(C)Cc1ccc(C(C)NC(=O)CSc2nnc(-c3ccc(OC(F)F)cc3)o2)cc1. The summed E-state index contributed by atoms with van der Waals surface area (Å²) in [6.45, 7) is 3.42. The first-order valence-electron chi connectivity index (χ1n) is 10.2. The highest BCUT2D eigenvalue weighted by molar-refractivity contribution is 7.99. The molecule has 170 valence electrons. The van der Waals surface area contributed by atoms with Gasteiger partial charge in [-0.3, -0.25) is 4.79 Å². The smallest absolute Gasteiger partial charge is 0.387 e. The van der Waals surface area contributed by atoms with E-state index in [4.69, 9.17) is 4.42 Å². The zero-order valence-electron chi connectivity index (χ0n) is 18.0. The van der Waals surface area contributed by atoms with E-state index in [2.05, 4.69) is 46.2 Å². The molecule has 32 heavy (non-hydrogen) atoms. The van der Waals surface area contributed by atoms with E-state index < -0.39 is 6.61 Å². The van der Waals surface area contributed by atoms with Crippen LogP contribution in [0.2, 0.25) is 0 Å². The third kappa shape index (κ3) is 7.05. The summed E-state index contributed by atoms with van der Waals surface area (Å²) in [5, 5.41) is 11.1. The topological polar surface area (TPSA) is 77.2 Å². The highest BCUT2D eigenvalue weighted by Crippen LogP contribution is 2.25. The summed E-state index contributed by atoms with van der Waals surface area (Å²) in [6, 6.07) is 14.0.